The number of anilines is 1. The second kappa shape index (κ2) is 10.3. The summed E-state index contributed by atoms with van der Waals surface area (Å²) in [4.78, 5) is 16.7. The molecule has 2 aromatic carbocycles. The van der Waals surface area contributed by atoms with Gasteiger partial charge in [-0.05, 0) is 62.2 Å². The van der Waals surface area contributed by atoms with Crippen LogP contribution in [0.1, 0.15) is 25.0 Å². The molecule has 180 valence electrons. The van der Waals surface area contributed by atoms with E-state index in [0.29, 0.717) is 29.5 Å². The van der Waals surface area contributed by atoms with Gasteiger partial charge >= 0.3 is 0 Å². The molecule has 0 atom stereocenters. The van der Waals surface area contributed by atoms with Crippen molar-refractivity contribution in [1.29, 1.82) is 0 Å². The first-order chi connectivity index (χ1) is 17.0. The number of aromatic nitrogens is 1. The van der Waals surface area contributed by atoms with Crippen molar-refractivity contribution in [2.24, 2.45) is 0 Å². The molecule has 7 heteroatoms. The van der Waals surface area contributed by atoms with Crippen molar-refractivity contribution in [3.05, 3.63) is 72.3 Å². The number of fused-ring (bicyclic) bond motifs is 1. The smallest absolute Gasteiger partial charge is 0.248 e. The van der Waals surface area contributed by atoms with Crippen LogP contribution < -0.4 is 19.5 Å². The SMILES string of the molecule is CCOc1c(/C(C)=C/C(=O)Nc2cccnc2)cc2c(-c3ccc(OC)c(OC)c3)coc2c1C. The molecule has 0 saturated carbocycles. The minimum atomic E-state index is -0.247. The normalized spacial score (nSPS) is 11.4. The summed E-state index contributed by atoms with van der Waals surface area (Å²) in [6.07, 6.45) is 6.55. The molecule has 0 saturated heterocycles. The van der Waals surface area contributed by atoms with E-state index in [2.05, 4.69) is 10.3 Å². The van der Waals surface area contributed by atoms with Crippen LogP contribution in [-0.2, 0) is 4.79 Å². The summed E-state index contributed by atoms with van der Waals surface area (Å²) in [6, 6.07) is 11.3. The Kier molecular flexibility index (Phi) is 7.06. The quantitative estimate of drug-likeness (QED) is 0.305. The van der Waals surface area contributed by atoms with Gasteiger partial charge < -0.3 is 23.9 Å². The number of carbonyl (C=O) groups is 1. The van der Waals surface area contributed by atoms with Crippen LogP contribution in [0.3, 0.4) is 0 Å². The zero-order chi connectivity index (χ0) is 24.9. The summed E-state index contributed by atoms with van der Waals surface area (Å²) in [7, 11) is 3.21. The van der Waals surface area contributed by atoms with Gasteiger partial charge in [-0.25, -0.2) is 0 Å². The number of allylic oxidation sites excluding steroid dienone is 1. The number of carbonyl (C=O) groups excluding carboxylic acids is 1. The molecule has 1 N–H and O–H groups in total. The van der Waals surface area contributed by atoms with E-state index in [1.165, 1.54) is 0 Å². The van der Waals surface area contributed by atoms with Crippen molar-refractivity contribution in [3.63, 3.8) is 0 Å². The van der Waals surface area contributed by atoms with Crippen LogP contribution in [-0.4, -0.2) is 31.7 Å². The Balaban J connectivity index is 1.81. The predicted octanol–water partition coefficient (Wildman–Crippen LogP) is 6.26. The first-order valence-electron chi connectivity index (χ1n) is 11.3. The minimum Gasteiger partial charge on any atom is -0.493 e. The molecule has 0 unspecified atom stereocenters. The van der Waals surface area contributed by atoms with E-state index in [4.69, 9.17) is 18.6 Å². The monoisotopic (exact) mass is 472 g/mol. The Morgan fingerprint density at radius 3 is 2.63 bits per heavy atom. The standard InChI is InChI=1S/C28H28N2O5/c1-6-34-27-18(3)28-22(23(16-35-28)19-9-10-24(32-4)25(13-19)33-5)14-21(27)17(2)12-26(31)30-20-8-7-11-29-15-20/h7-16H,6H2,1-5H3,(H,30,31)/b17-12+. The molecular weight excluding hydrogens is 444 g/mol. The topological polar surface area (TPSA) is 82.8 Å². The van der Waals surface area contributed by atoms with Crippen LogP contribution in [0.4, 0.5) is 5.69 Å². The van der Waals surface area contributed by atoms with E-state index in [9.17, 15) is 4.79 Å². The molecule has 0 radical (unpaired) electrons. The number of amides is 1. The summed E-state index contributed by atoms with van der Waals surface area (Å²) in [5.41, 5.74) is 5.64. The lowest BCUT2D eigenvalue weighted by atomic mass is 9.96. The fourth-order valence-electron chi connectivity index (χ4n) is 4.06. The number of pyridine rings is 1. The van der Waals surface area contributed by atoms with Crippen molar-refractivity contribution in [3.8, 4) is 28.4 Å². The molecule has 0 aliphatic rings. The van der Waals surface area contributed by atoms with Crippen molar-refractivity contribution in [2.75, 3.05) is 26.1 Å². The lowest BCUT2D eigenvalue weighted by molar-refractivity contribution is -0.111. The molecule has 7 nitrogen and oxygen atoms in total. The minimum absolute atomic E-state index is 0.247. The third-order valence-electron chi connectivity index (χ3n) is 5.73. The first-order valence-corrected chi connectivity index (χ1v) is 11.3. The Hall–Kier alpha value is -4.26. The van der Waals surface area contributed by atoms with Gasteiger partial charge in [0.2, 0.25) is 5.91 Å². The van der Waals surface area contributed by atoms with E-state index < -0.39 is 0 Å². The molecule has 0 spiro atoms. The van der Waals surface area contributed by atoms with Gasteiger partial charge in [-0.3, -0.25) is 9.78 Å². The third-order valence-corrected chi connectivity index (χ3v) is 5.73. The van der Waals surface area contributed by atoms with Crippen molar-refractivity contribution in [2.45, 2.75) is 20.8 Å². The number of furan rings is 1. The number of ether oxygens (including phenoxy) is 3. The maximum atomic E-state index is 12.7. The Bertz CT molecular complexity index is 1390. The molecule has 0 aliphatic carbocycles. The lowest BCUT2D eigenvalue weighted by Crippen LogP contribution is -2.09. The van der Waals surface area contributed by atoms with Crippen LogP contribution in [0.25, 0.3) is 27.7 Å². The van der Waals surface area contributed by atoms with Crippen LogP contribution >= 0.6 is 0 Å². The molecule has 0 aliphatic heterocycles. The third kappa shape index (κ3) is 4.84. The highest BCUT2D eigenvalue weighted by molar-refractivity contribution is 6.06. The lowest BCUT2D eigenvalue weighted by Gasteiger charge is -2.15. The predicted molar refractivity (Wildman–Crippen MR) is 137 cm³/mol. The highest BCUT2D eigenvalue weighted by Gasteiger charge is 2.20. The van der Waals surface area contributed by atoms with Crippen molar-refractivity contribution in [1.82, 2.24) is 4.98 Å². The summed E-state index contributed by atoms with van der Waals surface area (Å²) >= 11 is 0. The van der Waals surface area contributed by atoms with E-state index in [0.717, 1.165) is 38.8 Å². The average molecular weight is 473 g/mol. The van der Waals surface area contributed by atoms with Crippen molar-refractivity contribution >= 4 is 28.1 Å². The van der Waals surface area contributed by atoms with Gasteiger partial charge in [0, 0.05) is 34.3 Å². The van der Waals surface area contributed by atoms with E-state index in [-0.39, 0.29) is 5.91 Å². The number of nitrogens with one attached hydrogen (secondary N) is 1. The van der Waals surface area contributed by atoms with Crippen LogP contribution in [0.2, 0.25) is 0 Å². The van der Waals surface area contributed by atoms with E-state index in [1.54, 1.807) is 51.1 Å². The van der Waals surface area contributed by atoms with Gasteiger partial charge in [0.1, 0.15) is 11.3 Å². The van der Waals surface area contributed by atoms with Gasteiger partial charge in [0.25, 0.3) is 0 Å². The van der Waals surface area contributed by atoms with Gasteiger partial charge in [0.05, 0.1) is 39.0 Å². The van der Waals surface area contributed by atoms with Crippen molar-refractivity contribution < 1.29 is 23.4 Å². The second-order valence-electron chi connectivity index (χ2n) is 7.97. The van der Waals surface area contributed by atoms with Gasteiger partial charge in [-0.2, -0.15) is 0 Å². The number of rotatable bonds is 8. The van der Waals surface area contributed by atoms with Gasteiger partial charge in [0.15, 0.2) is 11.5 Å². The fourth-order valence-corrected chi connectivity index (χ4v) is 4.06. The number of methoxy groups -OCH3 is 2. The van der Waals surface area contributed by atoms with E-state index in [1.807, 2.05) is 45.0 Å². The summed E-state index contributed by atoms with van der Waals surface area (Å²) < 4.78 is 22.8. The van der Waals surface area contributed by atoms with Gasteiger partial charge in [-0.1, -0.05) is 6.07 Å². The number of nitrogens with zero attached hydrogens (tertiary/aromatic N) is 1. The fraction of sp³-hybridized carbons (Fsp3) is 0.214. The molecule has 0 bridgehead atoms. The van der Waals surface area contributed by atoms with Crippen LogP contribution in [0.5, 0.6) is 17.2 Å². The molecule has 4 rings (SSSR count). The van der Waals surface area contributed by atoms with Gasteiger partial charge in [-0.15, -0.1) is 0 Å². The van der Waals surface area contributed by atoms with Crippen LogP contribution in [0.15, 0.2) is 65.5 Å². The summed E-state index contributed by atoms with van der Waals surface area (Å²) in [5.74, 6) is 1.72. The average Bonchev–Trinajstić information content (AvgIpc) is 3.30. The molecule has 0 fully saturated rings. The summed E-state index contributed by atoms with van der Waals surface area (Å²) in [5, 5.41) is 3.75. The second-order valence-corrected chi connectivity index (χ2v) is 7.97. The maximum Gasteiger partial charge on any atom is 0.248 e. The first kappa shape index (κ1) is 23.9. The number of hydrogen-bond donors (Lipinski definition) is 1. The Morgan fingerprint density at radius 2 is 1.94 bits per heavy atom. The maximum absolute atomic E-state index is 12.7. The molecule has 2 heterocycles. The molecule has 4 aromatic rings. The number of aryl methyl sites for hydroxylation is 1. The zero-order valence-electron chi connectivity index (χ0n) is 20.5. The Morgan fingerprint density at radius 1 is 1.14 bits per heavy atom. The molecular formula is C28H28N2O5. The largest absolute Gasteiger partial charge is 0.493 e. The highest BCUT2D eigenvalue weighted by atomic mass is 16.5. The number of benzene rings is 2. The Labute approximate surface area is 204 Å². The molecule has 35 heavy (non-hydrogen) atoms. The zero-order valence-corrected chi connectivity index (χ0v) is 20.5. The van der Waals surface area contributed by atoms with Crippen LogP contribution in [0, 0.1) is 6.92 Å². The highest BCUT2D eigenvalue weighted by Crippen LogP contribution is 2.42. The molecule has 2 aromatic heterocycles. The number of hydrogen-bond acceptors (Lipinski definition) is 6. The summed E-state index contributed by atoms with van der Waals surface area (Å²) in [6.45, 7) is 6.26. The molecule has 1 amide bonds. The van der Waals surface area contributed by atoms with E-state index >= 15 is 0 Å².